The third-order valence-corrected chi connectivity index (χ3v) is 2.11. The first-order chi connectivity index (χ1) is 5.88. The largest absolute Gasteiger partial charge is 0.392 e. The molecular weight excluding hydrogens is 152 g/mol. The van der Waals surface area contributed by atoms with Crippen LogP contribution in [0.5, 0.6) is 0 Å². The number of nitrogens with zero attached hydrogens (tertiary/aromatic N) is 2. The lowest BCUT2D eigenvalue weighted by Crippen LogP contribution is -1.97. The molecule has 0 radical (unpaired) electrons. The van der Waals surface area contributed by atoms with E-state index in [1.807, 2.05) is 0 Å². The van der Waals surface area contributed by atoms with Crippen molar-refractivity contribution in [3.8, 4) is 0 Å². The van der Waals surface area contributed by atoms with Crippen LogP contribution in [-0.2, 0) is 13.0 Å². The molecule has 0 amide bonds. The summed E-state index contributed by atoms with van der Waals surface area (Å²) in [6.07, 6.45) is 7.05. The van der Waals surface area contributed by atoms with E-state index in [1.165, 1.54) is 12.8 Å². The van der Waals surface area contributed by atoms with E-state index in [9.17, 15) is 0 Å². The smallest absolute Gasteiger partial charge is 0.128 e. The standard InChI is InChI=1S/C9H12N2O/c12-6-8-4-10-9(11-5-8)3-7-1-2-7/h4-5,7,12H,1-3,6H2. The fourth-order valence-electron chi connectivity index (χ4n) is 1.15. The van der Waals surface area contributed by atoms with Gasteiger partial charge in [0.15, 0.2) is 0 Å². The van der Waals surface area contributed by atoms with E-state index >= 15 is 0 Å². The summed E-state index contributed by atoms with van der Waals surface area (Å²) in [5, 5.41) is 8.74. The maximum atomic E-state index is 8.74. The number of hydrogen-bond acceptors (Lipinski definition) is 3. The summed E-state index contributed by atoms with van der Waals surface area (Å²) in [5.74, 6) is 1.74. The average Bonchev–Trinajstić information content (AvgIpc) is 2.90. The maximum Gasteiger partial charge on any atom is 0.128 e. The highest BCUT2D eigenvalue weighted by Crippen LogP contribution is 2.31. The van der Waals surface area contributed by atoms with Crippen molar-refractivity contribution < 1.29 is 5.11 Å². The number of aliphatic hydroxyl groups excluding tert-OH is 1. The first-order valence-corrected chi connectivity index (χ1v) is 4.29. The predicted molar refractivity (Wildman–Crippen MR) is 44.4 cm³/mol. The normalized spacial score (nSPS) is 16.4. The third kappa shape index (κ3) is 1.80. The summed E-state index contributed by atoms with van der Waals surface area (Å²) >= 11 is 0. The van der Waals surface area contributed by atoms with Gasteiger partial charge in [-0.3, -0.25) is 0 Å². The van der Waals surface area contributed by atoms with Gasteiger partial charge >= 0.3 is 0 Å². The summed E-state index contributed by atoms with van der Waals surface area (Å²) in [4.78, 5) is 8.32. The van der Waals surface area contributed by atoms with Gasteiger partial charge in [-0.1, -0.05) is 0 Å². The van der Waals surface area contributed by atoms with Crippen molar-refractivity contribution in [1.29, 1.82) is 0 Å². The van der Waals surface area contributed by atoms with Crippen LogP contribution in [-0.4, -0.2) is 15.1 Å². The zero-order chi connectivity index (χ0) is 8.39. The molecular formula is C9H12N2O. The van der Waals surface area contributed by atoms with Gasteiger partial charge in [-0.25, -0.2) is 9.97 Å². The molecule has 12 heavy (non-hydrogen) atoms. The molecule has 1 fully saturated rings. The lowest BCUT2D eigenvalue weighted by molar-refractivity contribution is 0.280. The summed E-state index contributed by atoms with van der Waals surface area (Å²) in [7, 11) is 0. The second-order valence-corrected chi connectivity index (χ2v) is 3.31. The number of aromatic nitrogens is 2. The zero-order valence-electron chi connectivity index (χ0n) is 6.90. The van der Waals surface area contributed by atoms with Crippen molar-refractivity contribution in [2.24, 2.45) is 5.92 Å². The Morgan fingerprint density at radius 2 is 2.00 bits per heavy atom. The second-order valence-electron chi connectivity index (χ2n) is 3.31. The molecule has 0 unspecified atom stereocenters. The zero-order valence-corrected chi connectivity index (χ0v) is 6.90. The minimum Gasteiger partial charge on any atom is -0.392 e. The van der Waals surface area contributed by atoms with Gasteiger partial charge in [0.05, 0.1) is 6.61 Å². The highest BCUT2D eigenvalue weighted by molar-refractivity contribution is 5.04. The minimum absolute atomic E-state index is 0.0315. The van der Waals surface area contributed by atoms with Gasteiger partial charge in [0.25, 0.3) is 0 Å². The van der Waals surface area contributed by atoms with E-state index < -0.39 is 0 Å². The maximum absolute atomic E-state index is 8.74. The molecule has 3 heteroatoms. The van der Waals surface area contributed by atoms with E-state index in [0.29, 0.717) is 0 Å². The Hall–Kier alpha value is -0.960. The van der Waals surface area contributed by atoms with Crippen molar-refractivity contribution in [2.45, 2.75) is 25.9 Å². The van der Waals surface area contributed by atoms with Crippen LogP contribution in [0.3, 0.4) is 0 Å². The van der Waals surface area contributed by atoms with Crippen molar-refractivity contribution >= 4 is 0 Å². The Bertz CT molecular complexity index is 254. The Balaban J connectivity index is 2.02. The van der Waals surface area contributed by atoms with Crippen molar-refractivity contribution in [1.82, 2.24) is 9.97 Å². The van der Waals surface area contributed by atoms with Gasteiger partial charge in [-0.05, 0) is 18.8 Å². The van der Waals surface area contributed by atoms with Crippen molar-refractivity contribution in [3.63, 3.8) is 0 Å². The molecule has 1 heterocycles. The summed E-state index contributed by atoms with van der Waals surface area (Å²) in [6.45, 7) is 0.0315. The number of hydrogen-bond donors (Lipinski definition) is 1. The molecule has 1 aliphatic rings. The van der Waals surface area contributed by atoms with Gasteiger partial charge in [0, 0.05) is 24.4 Å². The summed E-state index contributed by atoms with van der Waals surface area (Å²) < 4.78 is 0. The molecule has 0 aliphatic heterocycles. The van der Waals surface area contributed by atoms with Gasteiger partial charge in [-0.2, -0.15) is 0 Å². The summed E-state index contributed by atoms with van der Waals surface area (Å²) in [6, 6.07) is 0. The minimum atomic E-state index is 0.0315. The monoisotopic (exact) mass is 164 g/mol. The molecule has 3 nitrogen and oxygen atoms in total. The summed E-state index contributed by atoms with van der Waals surface area (Å²) in [5.41, 5.74) is 0.787. The molecule has 1 aliphatic carbocycles. The SMILES string of the molecule is OCc1cnc(CC2CC2)nc1. The van der Waals surface area contributed by atoms with Gasteiger partial charge in [-0.15, -0.1) is 0 Å². The number of rotatable bonds is 3. The molecule has 0 saturated heterocycles. The topological polar surface area (TPSA) is 46.0 Å². The molecule has 64 valence electrons. The fourth-order valence-corrected chi connectivity index (χ4v) is 1.15. The van der Waals surface area contributed by atoms with Crippen LogP contribution in [0.1, 0.15) is 24.2 Å². The lowest BCUT2D eigenvalue weighted by Gasteiger charge is -1.98. The van der Waals surface area contributed by atoms with Gasteiger partial charge in [0.1, 0.15) is 5.82 Å². The molecule has 0 atom stereocenters. The Labute approximate surface area is 71.5 Å². The highest BCUT2D eigenvalue weighted by Gasteiger charge is 2.22. The van der Waals surface area contributed by atoms with E-state index in [1.54, 1.807) is 12.4 Å². The van der Waals surface area contributed by atoms with Crippen LogP contribution >= 0.6 is 0 Å². The van der Waals surface area contributed by atoms with Crippen LogP contribution in [0, 0.1) is 5.92 Å². The molecule has 0 aromatic carbocycles. The Morgan fingerprint density at radius 3 is 2.50 bits per heavy atom. The molecule has 0 bridgehead atoms. The Kier molecular flexibility index (Phi) is 2.04. The predicted octanol–water partition coefficient (Wildman–Crippen LogP) is 0.921. The lowest BCUT2D eigenvalue weighted by atomic mass is 10.2. The quantitative estimate of drug-likeness (QED) is 0.722. The molecule has 1 saturated carbocycles. The van der Waals surface area contributed by atoms with Crippen LogP contribution in [0.2, 0.25) is 0 Å². The van der Waals surface area contributed by atoms with Crippen LogP contribution in [0.25, 0.3) is 0 Å². The van der Waals surface area contributed by atoms with E-state index in [0.717, 1.165) is 23.7 Å². The van der Waals surface area contributed by atoms with Crippen LogP contribution in [0.4, 0.5) is 0 Å². The van der Waals surface area contributed by atoms with E-state index in [4.69, 9.17) is 5.11 Å². The first kappa shape index (κ1) is 7.68. The third-order valence-electron chi connectivity index (χ3n) is 2.11. The van der Waals surface area contributed by atoms with Crippen LogP contribution in [0.15, 0.2) is 12.4 Å². The molecule has 1 aromatic rings. The van der Waals surface area contributed by atoms with Gasteiger partial charge in [0.2, 0.25) is 0 Å². The van der Waals surface area contributed by atoms with Crippen molar-refractivity contribution in [2.75, 3.05) is 0 Å². The fraction of sp³-hybridized carbons (Fsp3) is 0.556. The molecule has 2 rings (SSSR count). The van der Waals surface area contributed by atoms with Gasteiger partial charge < -0.3 is 5.11 Å². The van der Waals surface area contributed by atoms with E-state index in [-0.39, 0.29) is 6.61 Å². The second kappa shape index (κ2) is 3.19. The molecule has 0 spiro atoms. The molecule has 1 aromatic heterocycles. The Morgan fingerprint density at radius 1 is 1.33 bits per heavy atom. The first-order valence-electron chi connectivity index (χ1n) is 4.29. The van der Waals surface area contributed by atoms with Crippen molar-refractivity contribution in [3.05, 3.63) is 23.8 Å². The number of aliphatic hydroxyl groups is 1. The van der Waals surface area contributed by atoms with E-state index in [2.05, 4.69) is 9.97 Å². The molecule has 1 N–H and O–H groups in total. The highest BCUT2D eigenvalue weighted by atomic mass is 16.3. The average molecular weight is 164 g/mol. The van der Waals surface area contributed by atoms with Crippen LogP contribution < -0.4 is 0 Å².